The Morgan fingerprint density at radius 2 is 1.90 bits per heavy atom. The molecule has 0 radical (unpaired) electrons. The normalized spacial score (nSPS) is 25.5. The van der Waals surface area contributed by atoms with Crippen LogP contribution in [0.3, 0.4) is 0 Å². The number of hydrogen-bond acceptors (Lipinski definition) is 3. The van der Waals surface area contributed by atoms with E-state index in [0.29, 0.717) is 12.1 Å². The van der Waals surface area contributed by atoms with Gasteiger partial charge in [-0.2, -0.15) is 0 Å². The third kappa shape index (κ3) is 3.85. The number of guanidine groups is 1. The molecule has 20 heavy (non-hydrogen) atoms. The number of hydrogen-bond donors (Lipinski definition) is 2. The quantitative estimate of drug-likeness (QED) is 0.355. The van der Waals surface area contributed by atoms with Crippen LogP contribution in [0.25, 0.3) is 0 Å². The van der Waals surface area contributed by atoms with Crippen LogP contribution in [-0.2, 0) is 0 Å². The first-order chi connectivity index (χ1) is 9.78. The predicted octanol–water partition coefficient (Wildman–Crippen LogP) is 1.55. The highest BCUT2D eigenvalue weighted by Crippen LogP contribution is 2.21. The molecule has 3 N–H and O–H groups in total. The maximum Gasteiger partial charge on any atom is 0.208 e. The first-order valence-electron chi connectivity index (χ1n) is 8.31. The van der Waals surface area contributed by atoms with Crippen molar-refractivity contribution in [3.8, 4) is 0 Å². The molecule has 0 aromatic carbocycles. The van der Waals surface area contributed by atoms with Gasteiger partial charge >= 0.3 is 0 Å². The van der Waals surface area contributed by atoms with Crippen LogP contribution in [0.4, 0.5) is 0 Å². The summed E-state index contributed by atoms with van der Waals surface area (Å²) in [5.41, 5.74) is 2.84. The van der Waals surface area contributed by atoms with Crippen molar-refractivity contribution in [1.82, 2.24) is 15.2 Å². The zero-order valence-corrected chi connectivity index (χ0v) is 13.1. The standard InChI is InChI=1S/C15H31N5/c1-3-19(4-2)14-10-11-20(12-14)15(18-16)17-13-8-6-5-7-9-13/h13-14H,3-12,16H2,1-2H3,(H,17,18). The summed E-state index contributed by atoms with van der Waals surface area (Å²) in [6.45, 7) is 8.85. The lowest BCUT2D eigenvalue weighted by Gasteiger charge is -2.27. The van der Waals surface area contributed by atoms with Crippen LogP contribution in [0.5, 0.6) is 0 Å². The maximum atomic E-state index is 5.72. The van der Waals surface area contributed by atoms with Gasteiger partial charge in [0.15, 0.2) is 0 Å². The highest BCUT2D eigenvalue weighted by molar-refractivity contribution is 5.79. The molecule has 1 saturated carbocycles. The monoisotopic (exact) mass is 281 g/mol. The molecule has 2 rings (SSSR count). The number of nitrogens with one attached hydrogen (secondary N) is 1. The summed E-state index contributed by atoms with van der Waals surface area (Å²) in [7, 11) is 0. The van der Waals surface area contributed by atoms with E-state index < -0.39 is 0 Å². The Hall–Kier alpha value is -0.810. The molecule has 116 valence electrons. The molecule has 0 amide bonds. The fourth-order valence-electron chi connectivity index (χ4n) is 3.57. The van der Waals surface area contributed by atoms with Crippen molar-refractivity contribution in [2.24, 2.45) is 10.8 Å². The Morgan fingerprint density at radius 3 is 2.50 bits per heavy atom. The Labute approximate surface area is 123 Å². The van der Waals surface area contributed by atoms with Gasteiger partial charge in [-0.05, 0) is 32.4 Å². The summed E-state index contributed by atoms with van der Waals surface area (Å²) in [5, 5.41) is 0. The molecule has 0 spiro atoms. The summed E-state index contributed by atoms with van der Waals surface area (Å²) < 4.78 is 0. The summed E-state index contributed by atoms with van der Waals surface area (Å²) in [6, 6.07) is 1.12. The number of likely N-dealkylation sites (tertiary alicyclic amines) is 1. The van der Waals surface area contributed by atoms with Gasteiger partial charge in [-0.25, -0.2) is 10.8 Å². The van der Waals surface area contributed by atoms with E-state index in [4.69, 9.17) is 10.8 Å². The summed E-state index contributed by atoms with van der Waals surface area (Å²) in [5.74, 6) is 6.63. The first kappa shape index (κ1) is 15.6. The topological polar surface area (TPSA) is 56.9 Å². The molecule has 0 bridgehead atoms. The second kappa shape index (κ2) is 7.84. The van der Waals surface area contributed by atoms with Crippen molar-refractivity contribution in [3.63, 3.8) is 0 Å². The number of rotatable bonds is 4. The molecule has 5 heteroatoms. The molecule has 5 nitrogen and oxygen atoms in total. The van der Waals surface area contributed by atoms with Gasteiger partial charge in [-0.15, -0.1) is 0 Å². The largest absolute Gasteiger partial charge is 0.340 e. The van der Waals surface area contributed by atoms with Crippen molar-refractivity contribution in [2.45, 2.75) is 64.5 Å². The van der Waals surface area contributed by atoms with Crippen LogP contribution < -0.4 is 11.3 Å². The second-order valence-electron chi connectivity index (χ2n) is 6.00. The van der Waals surface area contributed by atoms with E-state index in [9.17, 15) is 0 Å². The molecule has 1 aliphatic carbocycles. The van der Waals surface area contributed by atoms with Gasteiger partial charge in [0.25, 0.3) is 0 Å². The number of nitrogens with zero attached hydrogens (tertiary/aromatic N) is 3. The predicted molar refractivity (Wildman–Crippen MR) is 84.5 cm³/mol. The highest BCUT2D eigenvalue weighted by Gasteiger charge is 2.28. The summed E-state index contributed by atoms with van der Waals surface area (Å²) >= 11 is 0. The average Bonchev–Trinajstić information content (AvgIpc) is 2.97. The van der Waals surface area contributed by atoms with Gasteiger partial charge in [0.2, 0.25) is 5.96 Å². The Bertz CT molecular complexity index is 307. The number of nitrogens with two attached hydrogens (primary N) is 1. The zero-order chi connectivity index (χ0) is 14.4. The van der Waals surface area contributed by atoms with E-state index in [1.165, 1.54) is 38.5 Å². The Balaban J connectivity index is 1.93. The lowest BCUT2D eigenvalue weighted by Crippen LogP contribution is -2.46. The van der Waals surface area contributed by atoms with Gasteiger partial charge in [-0.3, -0.25) is 10.3 Å². The highest BCUT2D eigenvalue weighted by atomic mass is 15.4. The summed E-state index contributed by atoms with van der Waals surface area (Å²) in [6.07, 6.45) is 7.65. The molecule has 2 fully saturated rings. The van der Waals surface area contributed by atoms with E-state index >= 15 is 0 Å². The molecule has 2 aliphatic rings. The van der Waals surface area contributed by atoms with Crippen LogP contribution in [0.2, 0.25) is 0 Å². The van der Waals surface area contributed by atoms with E-state index in [1.54, 1.807) is 0 Å². The number of likely N-dealkylation sites (N-methyl/N-ethyl adjacent to an activating group) is 1. The number of aliphatic imine (C=N–C) groups is 1. The smallest absolute Gasteiger partial charge is 0.208 e. The van der Waals surface area contributed by atoms with Gasteiger partial charge in [-0.1, -0.05) is 33.1 Å². The van der Waals surface area contributed by atoms with Gasteiger partial charge in [0, 0.05) is 19.1 Å². The maximum absolute atomic E-state index is 5.72. The molecular formula is C15H31N5. The van der Waals surface area contributed by atoms with E-state index in [0.717, 1.165) is 32.1 Å². The molecule has 1 heterocycles. The molecule has 1 saturated heterocycles. The minimum absolute atomic E-state index is 0.474. The van der Waals surface area contributed by atoms with Crippen molar-refractivity contribution in [3.05, 3.63) is 0 Å². The third-order valence-electron chi connectivity index (χ3n) is 4.80. The first-order valence-corrected chi connectivity index (χ1v) is 8.31. The average molecular weight is 281 g/mol. The van der Waals surface area contributed by atoms with Gasteiger partial charge in [0.05, 0.1) is 6.04 Å². The van der Waals surface area contributed by atoms with Gasteiger partial charge < -0.3 is 4.90 Å². The van der Waals surface area contributed by atoms with Crippen molar-refractivity contribution in [1.29, 1.82) is 0 Å². The van der Waals surface area contributed by atoms with Crippen LogP contribution >= 0.6 is 0 Å². The van der Waals surface area contributed by atoms with E-state index in [2.05, 4.69) is 29.1 Å². The fourth-order valence-corrected chi connectivity index (χ4v) is 3.57. The molecule has 0 aromatic heterocycles. The zero-order valence-electron chi connectivity index (χ0n) is 13.1. The van der Waals surface area contributed by atoms with Crippen LogP contribution in [0, 0.1) is 0 Å². The SMILES string of the molecule is CCN(CC)C1CCN(C(=NC2CCCCC2)NN)C1. The summed E-state index contributed by atoms with van der Waals surface area (Å²) in [4.78, 5) is 9.74. The second-order valence-corrected chi connectivity index (χ2v) is 6.00. The van der Waals surface area contributed by atoms with Crippen molar-refractivity contribution < 1.29 is 0 Å². The van der Waals surface area contributed by atoms with Crippen LogP contribution in [-0.4, -0.2) is 54.0 Å². The molecule has 0 aromatic rings. The van der Waals surface area contributed by atoms with Crippen molar-refractivity contribution in [2.75, 3.05) is 26.2 Å². The molecule has 1 atom stereocenters. The fraction of sp³-hybridized carbons (Fsp3) is 0.933. The minimum atomic E-state index is 0.474. The molecule has 1 unspecified atom stereocenters. The number of hydrazine groups is 1. The Kier molecular flexibility index (Phi) is 6.10. The molecular weight excluding hydrogens is 250 g/mol. The molecule has 1 aliphatic heterocycles. The van der Waals surface area contributed by atoms with Crippen molar-refractivity contribution >= 4 is 5.96 Å². The lowest BCUT2D eigenvalue weighted by atomic mass is 9.96. The van der Waals surface area contributed by atoms with Crippen LogP contribution in [0.15, 0.2) is 4.99 Å². The lowest BCUT2D eigenvalue weighted by molar-refractivity contribution is 0.223. The van der Waals surface area contributed by atoms with Crippen LogP contribution in [0.1, 0.15) is 52.4 Å². The van der Waals surface area contributed by atoms with Gasteiger partial charge in [0.1, 0.15) is 0 Å². The van der Waals surface area contributed by atoms with E-state index in [-0.39, 0.29) is 0 Å². The minimum Gasteiger partial charge on any atom is -0.340 e. The Morgan fingerprint density at radius 1 is 1.20 bits per heavy atom. The van der Waals surface area contributed by atoms with E-state index in [1.807, 2.05) is 0 Å². The third-order valence-corrected chi connectivity index (χ3v) is 4.80.